The number of halogens is 1. The van der Waals surface area contributed by atoms with Gasteiger partial charge in [-0.2, -0.15) is 0 Å². The summed E-state index contributed by atoms with van der Waals surface area (Å²) in [5, 5.41) is 8.72. The summed E-state index contributed by atoms with van der Waals surface area (Å²) in [6.45, 7) is 0.438. The van der Waals surface area contributed by atoms with Gasteiger partial charge < -0.3 is 14.3 Å². The summed E-state index contributed by atoms with van der Waals surface area (Å²) in [6.07, 6.45) is 2.30. The molecule has 7 nitrogen and oxygen atoms in total. The Morgan fingerprint density at radius 2 is 2.30 bits per heavy atom. The number of rotatable bonds is 3. The van der Waals surface area contributed by atoms with E-state index in [9.17, 15) is 4.79 Å². The zero-order valence-corrected chi connectivity index (χ0v) is 14.9. The summed E-state index contributed by atoms with van der Waals surface area (Å²) in [6, 6.07) is 6.20. The van der Waals surface area contributed by atoms with Crippen molar-refractivity contribution in [3.05, 3.63) is 64.1 Å². The largest absolute Gasteiger partial charge is 0.455 e. The fourth-order valence-electron chi connectivity index (χ4n) is 3.52. The number of para-hydroxylation sites is 1. The van der Waals surface area contributed by atoms with Gasteiger partial charge in [0.2, 0.25) is 5.91 Å². The summed E-state index contributed by atoms with van der Waals surface area (Å²) in [4.78, 5) is 22.0. The zero-order chi connectivity index (χ0) is 18.4. The van der Waals surface area contributed by atoms with Crippen molar-refractivity contribution in [2.45, 2.75) is 18.9 Å². The molecule has 0 saturated carbocycles. The fraction of sp³-hybridized carbons (Fsp3) is 0.222. The topological polar surface area (TPSA) is 87.9 Å². The van der Waals surface area contributed by atoms with Crippen molar-refractivity contribution in [2.75, 3.05) is 6.54 Å². The van der Waals surface area contributed by atoms with E-state index in [0.29, 0.717) is 34.6 Å². The van der Waals surface area contributed by atoms with E-state index < -0.39 is 11.9 Å². The van der Waals surface area contributed by atoms with Crippen molar-refractivity contribution in [3.8, 4) is 0 Å². The first-order valence-corrected chi connectivity index (χ1v) is 9.34. The van der Waals surface area contributed by atoms with Crippen molar-refractivity contribution in [3.63, 3.8) is 0 Å². The first kappa shape index (κ1) is 16.1. The number of hydrogen-bond acceptors (Lipinski definition) is 6. The third-order valence-corrected chi connectivity index (χ3v) is 5.46. The van der Waals surface area contributed by atoms with Crippen LogP contribution in [0.2, 0.25) is 0 Å². The minimum Gasteiger partial charge on any atom is -0.455 e. The van der Waals surface area contributed by atoms with Gasteiger partial charge in [-0.3, -0.25) is 4.79 Å². The maximum Gasteiger partial charge on any atom is 0.230 e. The van der Waals surface area contributed by atoms with Crippen LogP contribution in [0, 0.1) is 5.82 Å². The molecule has 27 heavy (non-hydrogen) atoms. The normalized spacial score (nSPS) is 16.6. The fourth-order valence-corrected chi connectivity index (χ4v) is 4.04. The number of aromatic amines is 1. The lowest BCUT2D eigenvalue weighted by molar-refractivity contribution is -0.133. The second-order valence-electron chi connectivity index (χ2n) is 6.29. The van der Waals surface area contributed by atoms with Crippen molar-refractivity contribution in [1.82, 2.24) is 25.1 Å². The molecule has 4 aromatic rings. The molecule has 0 radical (unpaired) electrons. The molecule has 0 fully saturated rings. The molecule has 3 aromatic heterocycles. The number of nitrogens with zero attached hydrogens (tertiary/aromatic N) is 4. The van der Waals surface area contributed by atoms with Crippen LogP contribution in [0.1, 0.15) is 28.2 Å². The Hall–Kier alpha value is -3.07. The molecule has 1 N–H and O–H groups in total. The van der Waals surface area contributed by atoms with Crippen molar-refractivity contribution in [1.29, 1.82) is 0 Å². The molecular formula is C18H14FN5O2S. The third-order valence-electron chi connectivity index (χ3n) is 4.76. The van der Waals surface area contributed by atoms with E-state index >= 15 is 4.39 Å². The van der Waals surface area contributed by atoms with E-state index in [2.05, 4.69) is 20.2 Å². The molecule has 1 aliphatic rings. The quantitative estimate of drug-likeness (QED) is 0.588. The third kappa shape index (κ3) is 2.62. The van der Waals surface area contributed by atoms with Gasteiger partial charge in [-0.05, 0) is 12.1 Å². The Balaban J connectivity index is 1.60. The number of H-pyrrole nitrogens is 1. The van der Waals surface area contributed by atoms with Crippen LogP contribution >= 0.6 is 11.3 Å². The average molecular weight is 383 g/mol. The molecule has 136 valence electrons. The van der Waals surface area contributed by atoms with Crippen LogP contribution in [0.5, 0.6) is 0 Å². The molecule has 9 heteroatoms. The van der Waals surface area contributed by atoms with Crippen molar-refractivity contribution < 1.29 is 13.6 Å². The molecule has 1 aromatic carbocycles. The predicted octanol–water partition coefficient (Wildman–Crippen LogP) is 2.86. The van der Waals surface area contributed by atoms with Gasteiger partial charge in [0.05, 0.1) is 23.8 Å². The van der Waals surface area contributed by atoms with Crippen LogP contribution in [0.3, 0.4) is 0 Å². The van der Waals surface area contributed by atoms with Gasteiger partial charge in [-0.25, -0.2) is 9.37 Å². The number of fused-ring (bicyclic) bond motifs is 2. The smallest absolute Gasteiger partial charge is 0.230 e. The summed E-state index contributed by atoms with van der Waals surface area (Å²) < 4.78 is 21.0. The number of aromatic nitrogens is 4. The lowest BCUT2D eigenvalue weighted by Gasteiger charge is -2.33. The Bertz CT molecular complexity index is 1120. The highest BCUT2D eigenvalue weighted by Gasteiger charge is 2.38. The van der Waals surface area contributed by atoms with E-state index in [1.165, 1.54) is 11.3 Å². The number of imidazole rings is 1. The molecule has 0 aliphatic carbocycles. The number of furan rings is 1. The van der Waals surface area contributed by atoms with E-state index in [0.717, 1.165) is 5.69 Å². The molecule has 4 heterocycles. The highest BCUT2D eigenvalue weighted by Crippen LogP contribution is 2.38. The molecule has 1 aliphatic heterocycles. The van der Waals surface area contributed by atoms with E-state index in [1.54, 1.807) is 41.0 Å². The van der Waals surface area contributed by atoms with Crippen LogP contribution in [0.15, 0.2) is 40.5 Å². The lowest BCUT2D eigenvalue weighted by atomic mass is 9.99. The molecule has 0 spiro atoms. The summed E-state index contributed by atoms with van der Waals surface area (Å²) in [5.74, 6) is -0.514. The maximum atomic E-state index is 15.1. The van der Waals surface area contributed by atoms with Gasteiger partial charge in [-0.1, -0.05) is 12.1 Å². The standard InChI is InChI=1S/C18H14FN5O2S/c19-15-10-3-1-2-4-12(10)26-18(15)17-16-11(20-8-21-16)5-6-24(17)14(25)7-13-23-22-9-27-13/h1-4,8-9,17H,5-7H2,(H,20,21)/t17-/m0/s1. The number of carbonyl (C=O) groups is 1. The summed E-state index contributed by atoms with van der Waals surface area (Å²) >= 11 is 1.32. The monoisotopic (exact) mass is 383 g/mol. The predicted molar refractivity (Wildman–Crippen MR) is 95.6 cm³/mol. The first-order valence-electron chi connectivity index (χ1n) is 8.46. The minimum atomic E-state index is -0.715. The van der Waals surface area contributed by atoms with Crippen LogP contribution in [0.4, 0.5) is 4.39 Å². The highest BCUT2D eigenvalue weighted by molar-refractivity contribution is 7.09. The first-order chi connectivity index (χ1) is 13.2. The Labute approximate surface area is 156 Å². The molecule has 1 atom stereocenters. The van der Waals surface area contributed by atoms with Gasteiger partial charge in [-0.15, -0.1) is 21.5 Å². The second kappa shape index (κ2) is 6.27. The van der Waals surface area contributed by atoms with Gasteiger partial charge in [0.15, 0.2) is 11.6 Å². The second-order valence-corrected chi connectivity index (χ2v) is 7.21. The highest BCUT2D eigenvalue weighted by atomic mass is 32.1. The van der Waals surface area contributed by atoms with Crippen LogP contribution in [-0.2, 0) is 17.6 Å². The number of benzene rings is 1. The zero-order valence-electron chi connectivity index (χ0n) is 14.1. The number of hydrogen-bond donors (Lipinski definition) is 1. The molecule has 5 rings (SSSR count). The number of nitrogens with one attached hydrogen (secondary N) is 1. The van der Waals surface area contributed by atoms with Gasteiger partial charge in [0.25, 0.3) is 0 Å². The van der Waals surface area contributed by atoms with Crippen molar-refractivity contribution in [2.24, 2.45) is 0 Å². The van der Waals surface area contributed by atoms with E-state index in [1.807, 2.05) is 0 Å². The average Bonchev–Trinajstić information content (AvgIpc) is 3.41. The van der Waals surface area contributed by atoms with E-state index in [4.69, 9.17) is 4.42 Å². The Morgan fingerprint density at radius 3 is 3.11 bits per heavy atom. The minimum absolute atomic E-state index is 0.106. The molecule has 0 saturated heterocycles. The Kier molecular flexibility index (Phi) is 3.75. The van der Waals surface area contributed by atoms with Gasteiger partial charge in [0.1, 0.15) is 22.1 Å². The Morgan fingerprint density at radius 1 is 1.41 bits per heavy atom. The number of amides is 1. The summed E-state index contributed by atoms with van der Waals surface area (Å²) in [5.41, 5.74) is 3.54. The number of carbonyl (C=O) groups excluding carboxylic acids is 1. The van der Waals surface area contributed by atoms with Crippen molar-refractivity contribution >= 4 is 28.2 Å². The van der Waals surface area contributed by atoms with Gasteiger partial charge >= 0.3 is 0 Å². The van der Waals surface area contributed by atoms with Crippen LogP contribution < -0.4 is 0 Å². The van der Waals surface area contributed by atoms with E-state index in [-0.39, 0.29) is 18.1 Å². The van der Waals surface area contributed by atoms with Crippen LogP contribution in [-0.4, -0.2) is 37.5 Å². The summed E-state index contributed by atoms with van der Waals surface area (Å²) in [7, 11) is 0. The molecular weight excluding hydrogens is 369 g/mol. The lowest BCUT2D eigenvalue weighted by Crippen LogP contribution is -2.41. The maximum absolute atomic E-state index is 15.1. The van der Waals surface area contributed by atoms with Gasteiger partial charge in [0, 0.05) is 18.7 Å². The SMILES string of the molecule is O=C(Cc1nncs1)N1CCc2[nH]cnc2[C@H]1c1oc2ccccc2c1F. The molecule has 1 amide bonds. The molecule has 0 bridgehead atoms. The van der Waals surface area contributed by atoms with Crippen LogP contribution in [0.25, 0.3) is 11.0 Å². The molecule has 0 unspecified atom stereocenters.